The summed E-state index contributed by atoms with van der Waals surface area (Å²) in [5.74, 6) is 0.735. The van der Waals surface area contributed by atoms with Crippen LogP contribution < -0.4 is 11.1 Å². The van der Waals surface area contributed by atoms with E-state index in [-0.39, 0.29) is 17.5 Å². The van der Waals surface area contributed by atoms with Gasteiger partial charge in [0.1, 0.15) is 5.76 Å². The second-order valence-electron chi connectivity index (χ2n) is 5.88. The second-order valence-corrected chi connectivity index (χ2v) is 5.88. The molecule has 1 aliphatic carbocycles. The predicted molar refractivity (Wildman–Crippen MR) is 87.6 cm³/mol. The standard InChI is InChI=1S/C18H20N2O3/c1-11-16-14(21)3-2-4-15(16)23-17(11)18(22)20-10-9-12-5-7-13(19)8-6-12/h5-8H,2-4,9-10,19H2,1H3,(H,20,22). The normalized spacial score (nSPS) is 13.7. The van der Waals surface area contributed by atoms with Crippen LogP contribution in [0, 0.1) is 6.92 Å². The minimum atomic E-state index is -0.264. The number of nitrogens with two attached hydrogens (primary N) is 1. The number of furan rings is 1. The average molecular weight is 312 g/mol. The van der Waals surface area contributed by atoms with E-state index in [1.807, 2.05) is 24.3 Å². The van der Waals surface area contributed by atoms with Gasteiger partial charge in [-0.2, -0.15) is 0 Å². The lowest BCUT2D eigenvalue weighted by Crippen LogP contribution is -2.26. The summed E-state index contributed by atoms with van der Waals surface area (Å²) in [7, 11) is 0. The van der Waals surface area contributed by atoms with Crippen molar-refractivity contribution >= 4 is 17.4 Å². The van der Waals surface area contributed by atoms with Crippen LogP contribution >= 0.6 is 0 Å². The van der Waals surface area contributed by atoms with Gasteiger partial charge in [0.05, 0.1) is 5.56 Å². The molecule has 0 saturated carbocycles. The highest BCUT2D eigenvalue weighted by atomic mass is 16.4. The number of fused-ring (bicyclic) bond motifs is 1. The first-order valence-corrected chi connectivity index (χ1v) is 7.84. The minimum Gasteiger partial charge on any atom is -0.455 e. The minimum absolute atomic E-state index is 0.0772. The Morgan fingerprint density at radius 2 is 2.00 bits per heavy atom. The Kier molecular flexibility index (Phi) is 4.19. The third kappa shape index (κ3) is 3.13. The highest BCUT2D eigenvalue weighted by Gasteiger charge is 2.28. The second kappa shape index (κ2) is 6.28. The summed E-state index contributed by atoms with van der Waals surface area (Å²) < 4.78 is 5.64. The molecule has 1 aliphatic rings. The predicted octanol–water partition coefficient (Wildman–Crippen LogP) is 2.66. The van der Waals surface area contributed by atoms with Gasteiger partial charge in [-0.25, -0.2) is 0 Å². The van der Waals surface area contributed by atoms with Crippen molar-refractivity contribution in [2.75, 3.05) is 12.3 Å². The van der Waals surface area contributed by atoms with E-state index in [0.29, 0.717) is 36.3 Å². The number of benzene rings is 1. The van der Waals surface area contributed by atoms with E-state index in [4.69, 9.17) is 10.2 Å². The van der Waals surface area contributed by atoms with Crippen LogP contribution in [0.1, 0.15) is 50.6 Å². The molecular formula is C18H20N2O3. The number of Topliss-reactive ketones (excluding diaryl/α,β-unsaturated/α-hetero) is 1. The zero-order valence-corrected chi connectivity index (χ0v) is 13.1. The summed E-state index contributed by atoms with van der Waals surface area (Å²) >= 11 is 0. The Bertz CT molecular complexity index is 744. The van der Waals surface area contributed by atoms with Crippen molar-refractivity contribution in [2.45, 2.75) is 32.6 Å². The molecule has 1 aromatic heterocycles. The highest BCUT2D eigenvalue weighted by molar-refractivity contribution is 6.03. The maximum Gasteiger partial charge on any atom is 0.287 e. The van der Waals surface area contributed by atoms with E-state index < -0.39 is 0 Å². The molecule has 1 heterocycles. The largest absolute Gasteiger partial charge is 0.455 e. The Morgan fingerprint density at radius 3 is 2.70 bits per heavy atom. The molecule has 0 fully saturated rings. The number of anilines is 1. The van der Waals surface area contributed by atoms with E-state index in [1.165, 1.54) is 0 Å². The van der Waals surface area contributed by atoms with Crippen molar-refractivity contribution in [3.8, 4) is 0 Å². The quantitative estimate of drug-likeness (QED) is 0.850. The van der Waals surface area contributed by atoms with E-state index >= 15 is 0 Å². The fourth-order valence-corrected chi connectivity index (χ4v) is 2.95. The average Bonchev–Trinajstić information content (AvgIpc) is 2.88. The number of nitrogen functional groups attached to an aromatic ring is 1. The van der Waals surface area contributed by atoms with Crippen LogP contribution in [0.5, 0.6) is 0 Å². The van der Waals surface area contributed by atoms with Gasteiger partial charge in [0.2, 0.25) is 0 Å². The Hall–Kier alpha value is -2.56. The van der Waals surface area contributed by atoms with E-state index in [1.54, 1.807) is 6.92 Å². The molecule has 0 radical (unpaired) electrons. The van der Waals surface area contributed by atoms with E-state index in [0.717, 1.165) is 24.1 Å². The van der Waals surface area contributed by atoms with Gasteiger partial charge in [-0.1, -0.05) is 12.1 Å². The van der Waals surface area contributed by atoms with Crippen molar-refractivity contribution in [2.24, 2.45) is 0 Å². The molecule has 1 aromatic carbocycles. The van der Waals surface area contributed by atoms with Crippen LogP contribution in [0.2, 0.25) is 0 Å². The fraction of sp³-hybridized carbons (Fsp3) is 0.333. The third-order valence-electron chi connectivity index (χ3n) is 4.19. The Balaban J connectivity index is 1.65. The van der Waals surface area contributed by atoms with Gasteiger partial charge in [-0.3, -0.25) is 9.59 Å². The SMILES string of the molecule is Cc1c(C(=O)NCCc2ccc(N)cc2)oc2c1C(=O)CCC2. The Labute approximate surface area is 134 Å². The van der Waals surface area contributed by atoms with Crippen molar-refractivity contribution < 1.29 is 14.0 Å². The number of carbonyl (C=O) groups is 2. The van der Waals surface area contributed by atoms with Gasteiger partial charge in [0.15, 0.2) is 11.5 Å². The molecule has 23 heavy (non-hydrogen) atoms. The smallest absolute Gasteiger partial charge is 0.287 e. The number of rotatable bonds is 4. The number of nitrogens with one attached hydrogen (secondary N) is 1. The molecule has 1 amide bonds. The molecule has 0 atom stereocenters. The summed E-state index contributed by atoms with van der Waals surface area (Å²) in [6, 6.07) is 7.56. The molecule has 0 bridgehead atoms. The maximum atomic E-state index is 12.3. The number of amides is 1. The van der Waals surface area contributed by atoms with Gasteiger partial charge in [-0.15, -0.1) is 0 Å². The lowest BCUT2D eigenvalue weighted by molar-refractivity contribution is 0.0920. The maximum absolute atomic E-state index is 12.3. The zero-order valence-electron chi connectivity index (χ0n) is 13.1. The van der Waals surface area contributed by atoms with Crippen molar-refractivity contribution in [3.63, 3.8) is 0 Å². The summed E-state index contributed by atoms with van der Waals surface area (Å²) in [5.41, 5.74) is 8.74. The highest BCUT2D eigenvalue weighted by Crippen LogP contribution is 2.29. The van der Waals surface area contributed by atoms with Crippen molar-refractivity contribution in [1.29, 1.82) is 0 Å². The number of carbonyl (C=O) groups excluding carboxylic acids is 2. The molecule has 2 aromatic rings. The van der Waals surface area contributed by atoms with Crippen LogP contribution in [-0.2, 0) is 12.8 Å². The molecule has 120 valence electrons. The molecule has 5 nitrogen and oxygen atoms in total. The lowest BCUT2D eigenvalue weighted by atomic mass is 9.94. The lowest BCUT2D eigenvalue weighted by Gasteiger charge is -2.07. The molecule has 3 rings (SSSR count). The van der Waals surface area contributed by atoms with Crippen LogP contribution in [0.3, 0.4) is 0 Å². The molecular weight excluding hydrogens is 292 g/mol. The summed E-state index contributed by atoms with van der Waals surface area (Å²) in [6.45, 7) is 2.28. The number of hydrogen-bond donors (Lipinski definition) is 2. The molecule has 3 N–H and O–H groups in total. The van der Waals surface area contributed by atoms with Gasteiger partial charge in [0.25, 0.3) is 5.91 Å². The summed E-state index contributed by atoms with van der Waals surface area (Å²) in [5, 5.41) is 2.85. The monoisotopic (exact) mass is 312 g/mol. The zero-order chi connectivity index (χ0) is 16.4. The molecule has 0 unspecified atom stereocenters. The van der Waals surface area contributed by atoms with Gasteiger partial charge < -0.3 is 15.5 Å². The first kappa shape index (κ1) is 15.3. The van der Waals surface area contributed by atoms with Gasteiger partial charge in [0, 0.05) is 30.6 Å². The number of aryl methyl sites for hydroxylation is 1. The summed E-state index contributed by atoms with van der Waals surface area (Å²) in [4.78, 5) is 24.3. The number of hydrogen-bond acceptors (Lipinski definition) is 4. The van der Waals surface area contributed by atoms with Crippen molar-refractivity contribution in [3.05, 3.63) is 52.5 Å². The molecule has 5 heteroatoms. The van der Waals surface area contributed by atoms with Crippen LogP contribution in [0.15, 0.2) is 28.7 Å². The van der Waals surface area contributed by atoms with Gasteiger partial charge in [-0.05, 0) is 37.5 Å². The van der Waals surface area contributed by atoms with Gasteiger partial charge >= 0.3 is 0 Å². The first-order valence-electron chi connectivity index (χ1n) is 7.84. The topological polar surface area (TPSA) is 85.3 Å². The Morgan fingerprint density at radius 1 is 1.26 bits per heavy atom. The van der Waals surface area contributed by atoms with Crippen LogP contribution in [0.4, 0.5) is 5.69 Å². The van der Waals surface area contributed by atoms with Crippen molar-refractivity contribution in [1.82, 2.24) is 5.32 Å². The van der Waals surface area contributed by atoms with E-state index in [2.05, 4.69) is 5.32 Å². The third-order valence-corrected chi connectivity index (χ3v) is 4.19. The summed E-state index contributed by atoms with van der Waals surface area (Å²) in [6.07, 6.45) is 2.76. The molecule has 0 spiro atoms. The fourth-order valence-electron chi connectivity index (χ4n) is 2.95. The number of ketones is 1. The molecule has 0 aliphatic heterocycles. The van der Waals surface area contributed by atoms with Crippen LogP contribution in [-0.4, -0.2) is 18.2 Å². The van der Waals surface area contributed by atoms with E-state index in [9.17, 15) is 9.59 Å². The van der Waals surface area contributed by atoms with Crippen LogP contribution in [0.25, 0.3) is 0 Å². The molecule has 0 saturated heterocycles. The first-order chi connectivity index (χ1) is 11.1.